The average molecular weight is 771 g/mol. The number of anilines is 2. The Balaban J connectivity index is 2.26. The maximum absolute atomic E-state index is 13.2. The fraction of sp³-hybridized carbons (Fsp3) is 0.351. The van der Waals surface area contributed by atoms with Gasteiger partial charge in [-0.1, -0.05) is 70.9 Å². The second kappa shape index (κ2) is 18.9. The number of phenols is 2. The molecular formula is C37H44BrN3O10. The lowest BCUT2D eigenvalue weighted by Gasteiger charge is -2.31. The molecule has 1 aliphatic rings. The molecule has 14 heteroatoms. The molecule has 0 saturated carbocycles. The molecule has 13 nitrogen and oxygen atoms in total. The van der Waals surface area contributed by atoms with Crippen LogP contribution in [0.4, 0.5) is 16.2 Å². The van der Waals surface area contributed by atoms with Gasteiger partial charge in [0.15, 0.2) is 6.10 Å². The molecular weight excluding hydrogens is 726 g/mol. The number of amides is 3. The van der Waals surface area contributed by atoms with Crippen LogP contribution in [0.3, 0.4) is 0 Å². The standard InChI is InChI=1S/C37H44BrN3O10/c1-20-15-25-31(41-36(46)24-12-8-7-9-13-24)27(42)18-26(32(25)44)40-35(45)21(2)11-10-14-28(48-5)33(51-37(39)47)22(3)17-23(4)34(29(16-20)49-6)50-30(43)19-38/h7-15,17-18,23,28-29,33-34,42,44H,16,19H2,1-6H3,(H2,39,47)(H,40,45)(H,41,46)/t23-,28-,29-,33-,34-/m0/s1. The van der Waals surface area contributed by atoms with Crippen LogP contribution < -0.4 is 16.4 Å². The highest BCUT2D eigenvalue weighted by atomic mass is 79.9. The summed E-state index contributed by atoms with van der Waals surface area (Å²) in [4.78, 5) is 51.0. The molecule has 0 unspecified atom stereocenters. The van der Waals surface area contributed by atoms with E-state index in [1.807, 2.05) is 0 Å². The number of primary amides is 1. The molecule has 274 valence electrons. The van der Waals surface area contributed by atoms with Gasteiger partial charge in [0.1, 0.15) is 29.0 Å². The Morgan fingerprint density at radius 2 is 1.75 bits per heavy atom. The van der Waals surface area contributed by atoms with Crippen LogP contribution >= 0.6 is 15.9 Å². The molecule has 2 aromatic rings. The number of esters is 1. The van der Waals surface area contributed by atoms with Gasteiger partial charge in [-0.15, -0.1) is 0 Å². The van der Waals surface area contributed by atoms with Crippen LogP contribution in [0.5, 0.6) is 11.5 Å². The number of carbonyl (C=O) groups excluding carboxylic acids is 4. The van der Waals surface area contributed by atoms with Crippen molar-refractivity contribution in [1.29, 1.82) is 0 Å². The number of nitrogens with one attached hydrogen (secondary N) is 2. The first-order valence-corrected chi connectivity index (χ1v) is 17.1. The van der Waals surface area contributed by atoms with Crippen molar-refractivity contribution in [2.45, 2.75) is 58.5 Å². The van der Waals surface area contributed by atoms with Gasteiger partial charge >= 0.3 is 12.1 Å². The molecule has 1 heterocycles. The van der Waals surface area contributed by atoms with Crippen LogP contribution in [0.15, 0.2) is 77.4 Å². The minimum atomic E-state index is -1.04. The van der Waals surface area contributed by atoms with Crippen LogP contribution in [0, 0.1) is 5.92 Å². The van der Waals surface area contributed by atoms with E-state index in [9.17, 15) is 29.4 Å². The van der Waals surface area contributed by atoms with E-state index in [2.05, 4.69) is 26.6 Å². The third kappa shape index (κ3) is 11.0. The van der Waals surface area contributed by atoms with Crippen molar-refractivity contribution in [3.63, 3.8) is 0 Å². The number of phenolic OH excluding ortho intramolecular Hbond substituents is 2. The van der Waals surface area contributed by atoms with Crippen LogP contribution in [-0.2, 0) is 28.5 Å². The first-order valence-electron chi connectivity index (χ1n) is 15.9. The Kier molecular flexibility index (Phi) is 15.0. The molecule has 3 amide bonds. The summed E-state index contributed by atoms with van der Waals surface area (Å²) in [5.74, 6) is -3.09. The Morgan fingerprint density at radius 3 is 2.35 bits per heavy atom. The van der Waals surface area contributed by atoms with E-state index in [0.717, 1.165) is 6.07 Å². The van der Waals surface area contributed by atoms with Gasteiger partial charge in [-0.2, -0.15) is 0 Å². The number of benzene rings is 2. The summed E-state index contributed by atoms with van der Waals surface area (Å²) in [7, 11) is 2.87. The minimum Gasteiger partial charge on any atom is -0.506 e. The largest absolute Gasteiger partial charge is 0.506 e. The van der Waals surface area contributed by atoms with E-state index in [4.69, 9.17) is 24.7 Å². The normalized spacial score (nSPS) is 21.7. The van der Waals surface area contributed by atoms with E-state index < -0.39 is 65.7 Å². The van der Waals surface area contributed by atoms with E-state index in [-0.39, 0.29) is 34.3 Å². The summed E-state index contributed by atoms with van der Waals surface area (Å²) in [5.41, 5.74) is 6.82. The SMILES string of the molecule is CO[C@H]1C=CC=C(C)C(=O)Nc2cc(O)c(NC(=O)c3ccccc3)c(c2O)C=C(C)C[C@H](OC)[C@@H](OC(=O)CBr)[C@@H](C)C=C(C)[C@@H]1OC(N)=O. The molecule has 6 N–H and O–H groups in total. The zero-order valence-corrected chi connectivity index (χ0v) is 30.9. The number of methoxy groups -OCH3 is 2. The smallest absolute Gasteiger partial charge is 0.405 e. The molecule has 0 saturated heterocycles. The Hall–Kier alpha value is -4.92. The average Bonchev–Trinajstić information content (AvgIpc) is 3.10. The van der Waals surface area contributed by atoms with E-state index in [1.54, 1.807) is 63.3 Å². The number of alkyl halides is 1. The fourth-order valence-corrected chi connectivity index (χ4v) is 5.67. The molecule has 0 aromatic heterocycles. The number of fused-ring (bicyclic) bond motifs is 2. The fourth-order valence-electron chi connectivity index (χ4n) is 5.54. The second-order valence-corrected chi connectivity index (χ2v) is 12.5. The number of rotatable bonds is 7. The number of hydrogen-bond acceptors (Lipinski definition) is 10. The van der Waals surface area contributed by atoms with Crippen molar-refractivity contribution in [3.8, 4) is 11.5 Å². The topological polar surface area (TPSA) is 196 Å². The Labute approximate surface area is 305 Å². The zero-order valence-electron chi connectivity index (χ0n) is 29.3. The monoisotopic (exact) mass is 769 g/mol. The van der Waals surface area contributed by atoms with Gasteiger partial charge < -0.3 is 45.5 Å². The van der Waals surface area contributed by atoms with E-state index in [1.165, 1.54) is 39.4 Å². The molecule has 0 spiro atoms. The van der Waals surface area contributed by atoms with Crippen molar-refractivity contribution in [3.05, 3.63) is 88.5 Å². The predicted molar refractivity (Wildman–Crippen MR) is 197 cm³/mol. The molecule has 0 fully saturated rings. The van der Waals surface area contributed by atoms with Crippen molar-refractivity contribution >= 4 is 57.3 Å². The molecule has 0 radical (unpaired) electrons. The summed E-state index contributed by atoms with van der Waals surface area (Å²) in [6.45, 7) is 6.78. The third-order valence-electron chi connectivity index (χ3n) is 8.11. The van der Waals surface area contributed by atoms with Gasteiger partial charge in [0.2, 0.25) is 0 Å². The van der Waals surface area contributed by atoms with Crippen molar-refractivity contribution < 1.29 is 48.3 Å². The summed E-state index contributed by atoms with van der Waals surface area (Å²) in [6.07, 6.45) is 3.52. The zero-order chi connectivity index (χ0) is 37.8. The number of aromatic hydroxyl groups is 2. The van der Waals surface area contributed by atoms with Crippen LogP contribution in [-0.4, -0.2) is 78.1 Å². The highest BCUT2D eigenvalue weighted by Gasteiger charge is 2.32. The predicted octanol–water partition coefficient (Wildman–Crippen LogP) is 5.98. The second-order valence-electron chi connectivity index (χ2n) is 12.0. The summed E-state index contributed by atoms with van der Waals surface area (Å²) in [5, 5.41) is 27.9. The quantitative estimate of drug-likeness (QED) is 0.0735. The van der Waals surface area contributed by atoms with Crippen molar-refractivity contribution in [1.82, 2.24) is 0 Å². The van der Waals surface area contributed by atoms with Gasteiger partial charge in [-0.05, 0) is 51.0 Å². The van der Waals surface area contributed by atoms with Crippen molar-refractivity contribution in [2.75, 3.05) is 30.2 Å². The molecule has 51 heavy (non-hydrogen) atoms. The number of carbonyl (C=O) groups is 4. The van der Waals surface area contributed by atoms with Crippen molar-refractivity contribution in [2.24, 2.45) is 11.7 Å². The Morgan fingerprint density at radius 1 is 1.06 bits per heavy atom. The Bertz CT molecular complexity index is 1720. The van der Waals surface area contributed by atoms with Gasteiger partial charge in [-0.3, -0.25) is 14.4 Å². The molecule has 0 aliphatic carbocycles. The van der Waals surface area contributed by atoms with Crippen LogP contribution in [0.2, 0.25) is 0 Å². The molecule has 5 atom stereocenters. The minimum absolute atomic E-state index is 0.00792. The molecule has 1 aliphatic heterocycles. The maximum Gasteiger partial charge on any atom is 0.405 e. The van der Waals surface area contributed by atoms with E-state index in [0.29, 0.717) is 16.7 Å². The number of allylic oxidation sites excluding steroid dienone is 2. The highest BCUT2D eigenvalue weighted by Crippen LogP contribution is 2.43. The van der Waals surface area contributed by atoms with E-state index >= 15 is 0 Å². The van der Waals surface area contributed by atoms with Gasteiger partial charge in [0, 0.05) is 42.9 Å². The molecule has 2 aromatic carbocycles. The van der Waals surface area contributed by atoms with Crippen LogP contribution in [0.1, 0.15) is 50.0 Å². The van der Waals surface area contributed by atoms with Crippen LogP contribution in [0.25, 0.3) is 6.08 Å². The highest BCUT2D eigenvalue weighted by molar-refractivity contribution is 9.09. The molecule has 2 bridgehead atoms. The lowest BCUT2D eigenvalue weighted by Crippen LogP contribution is -2.39. The maximum atomic E-state index is 13.2. The van der Waals surface area contributed by atoms with Gasteiger partial charge in [0.05, 0.1) is 17.5 Å². The lowest BCUT2D eigenvalue weighted by molar-refractivity contribution is -0.155. The first kappa shape index (κ1) is 40.5. The number of halogens is 1. The summed E-state index contributed by atoms with van der Waals surface area (Å²) in [6, 6.07) is 9.43. The summed E-state index contributed by atoms with van der Waals surface area (Å²) >= 11 is 3.14. The number of nitrogens with two attached hydrogens (primary N) is 1. The van der Waals surface area contributed by atoms with Gasteiger partial charge in [-0.25, -0.2) is 4.79 Å². The lowest BCUT2D eigenvalue weighted by atomic mass is 9.91. The summed E-state index contributed by atoms with van der Waals surface area (Å²) < 4.78 is 22.8. The van der Waals surface area contributed by atoms with Gasteiger partial charge in [0.25, 0.3) is 11.8 Å². The molecule has 3 rings (SSSR count). The third-order valence-corrected chi connectivity index (χ3v) is 8.57. The first-order chi connectivity index (χ1) is 24.2. The number of hydrogen-bond donors (Lipinski definition) is 5. The number of ether oxygens (including phenoxy) is 4.